The van der Waals surface area contributed by atoms with Gasteiger partial charge < -0.3 is 8.98 Å². The SMILES string of the molecule is Cc1c(C(=O)c2nnc(-c3ccncn3)o2)c2ccccc2n1Cc1ccc(Cl)cc1. The Balaban J connectivity index is 1.57. The van der Waals surface area contributed by atoms with Crippen LogP contribution in [-0.2, 0) is 6.54 Å². The Labute approximate surface area is 182 Å². The van der Waals surface area contributed by atoms with Crippen molar-refractivity contribution in [1.82, 2.24) is 24.7 Å². The van der Waals surface area contributed by atoms with E-state index >= 15 is 0 Å². The Hall–Kier alpha value is -3.84. The molecule has 2 aromatic carbocycles. The zero-order valence-corrected chi connectivity index (χ0v) is 17.2. The van der Waals surface area contributed by atoms with Crippen molar-refractivity contribution in [1.29, 1.82) is 0 Å². The van der Waals surface area contributed by atoms with E-state index in [0.29, 0.717) is 22.8 Å². The molecule has 31 heavy (non-hydrogen) atoms. The van der Waals surface area contributed by atoms with Crippen molar-refractivity contribution in [3.63, 3.8) is 0 Å². The van der Waals surface area contributed by atoms with Gasteiger partial charge in [-0.05, 0) is 36.8 Å². The molecule has 8 heteroatoms. The number of hydrogen-bond acceptors (Lipinski definition) is 6. The molecule has 0 atom stereocenters. The zero-order valence-electron chi connectivity index (χ0n) is 16.5. The predicted molar refractivity (Wildman–Crippen MR) is 116 cm³/mol. The highest BCUT2D eigenvalue weighted by molar-refractivity contribution is 6.30. The fourth-order valence-electron chi connectivity index (χ4n) is 3.64. The highest BCUT2D eigenvalue weighted by Gasteiger charge is 2.25. The number of nitrogens with zero attached hydrogens (tertiary/aromatic N) is 5. The summed E-state index contributed by atoms with van der Waals surface area (Å²) >= 11 is 6.02. The molecule has 0 amide bonds. The third-order valence-corrected chi connectivity index (χ3v) is 5.38. The molecular formula is C23H16ClN5O2. The van der Waals surface area contributed by atoms with Gasteiger partial charge in [-0.3, -0.25) is 4.79 Å². The average Bonchev–Trinajstić information content (AvgIpc) is 3.40. The third kappa shape index (κ3) is 3.49. The number of fused-ring (bicyclic) bond motifs is 1. The zero-order chi connectivity index (χ0) is 21.4. The van der Waals surface area contributed by atoms with E-state index in [1.807, 2.05) is 55.5 Å². The van der Waals surface area contributed by atoms with Gasteiger partial charge in [0.2, 0.25) is 0 Å². The summed E-state index contributed by atoms with van der Waals surface area (Å²) in [5.41, 5.74) is 3.86. The van der Waals surface area contributed by atoms with Gasteiger partial charge in [0.1, 0.15) is 12.0 Å². The number of halogens is 1. The van der Waals surface area contributed by atoms with Crippen molar-refractivity contribution in [3.05, 3.63) is 94.9 Å². The summed E-state index contributed by atoms with van der Waals surface area (Å²) in [4.78, 5) is 21.3. The molecule has 3 aromatic heterocycles. The van der Waals surface area contributed by atoms with Crippen molar-refractivity contribution < 1.29 is 9.21 Å². The monoisotopic (exact) mass is 429 g/mol. The molecule has 5 rings (SSSR count). The molecule has 7 nitrogen and oxygen atoms in total. The summed E-state index contributed by atoms with van der Waals surface area (Å²) in [7, 11) is 0. The normalized spacial score (nSPS) is 11.2. The lowest BCUT2D eigenvalue weighted by molar-refractivity contribution is 0.100. The van der Waals surface area contributed by atoms with Crippen LogP contribution in [0.2, 0.25) is 5.02 Å². The minimum atomic E-state index is -0.323. The smallest absolute Gasteiger partial charge is 0.289 e. The molecule has 0 fully saturated rings. The van der Waals surface area contributed by atoms with Gasteiger partial charge in [-0.1, -0.05) is 41.9 Å². The highest BCUT2D eigenvalue weighted by atomic mass is 35.5. The van der Waals surface area contributed by atoms with E-state index in [-0.39, 0.29) is 17.6 Å². The van der Waals surface area contributed by atoms with Crippen molar-refractivity contribution in [2.75, 3.05) is 0 Å². The molecule has 3 heterocycles. The van der Waals surface area contributed by atoms with Gasteiger partial charge in [0.05, 0.1) is 5.56 Å². The largest absolute Gasteiger partial charge is 0.412 e. The van der Waals surface area contributed by atoms with Gasteiger partial charge in [0.15, 0.2) is 0 Å². The van der Waals surface area contributed by atoms with Crippen molar-refractivity contribution in [3.8, 4) is 11.6 Å². The molecule has 5 aromatic rings. The maximum absolute atomic E-state index is 13.4. The molecule has 0 aliphatic carbocycles. The number of carbonyl (C=O) groups is 1. The Kier molecular flexibility index (Phi) is 4.80. The molecule has 0 N–H and O–H groups in total. The lowest BCUT2D eigenvalue weighted by Crippen LogP contribution is -2.06. The maximum Gasteiger partial charge on any atom is 0.289 e. The second-order valence-corrected chi connectivity index (χ2v) is 7.46. The second kappa shape index (κ2) is 7.77. The van der Waals surface area contributed by atoms with E-state index in [2.05, 4.69) is 24.7 Å². The van der Waals surface area contributed by atoms with E-state index in [4.69, 9.17) is 16.0 Å². The van der Waals surface area contributed by atoms with Crippen LogP contribution in [0, 0.1) is 6.92 Å². The first-order valence-corrected chi connectivity index (χ1v) is 9.96. The Morgan fingerprint density at radius 2 is 1.87 bits per heavy atom. The van der Waals surface area contributed by atoms with Crippen LogP contribution in [0.3, 0.4) is 0 Å². The molecular weight excluding hydrogens is 414 g/mol. The predicted octanol–water partition coefficient (Wildman–Crippen LogP) is 4.72. The van der Waals surface area contributed by atoms with Crippen LogP contribution in [0.1, 0.15) is 27.5 Å². The molecule has 0 bridgehead atoms. The molecule has 0 aliphatic heterocycles. The molecule has 0 unspecified atom stereocenters. The summed E-state index contributed by atoms with van der Waals surface area (Å²) in [6, 6.07) is 17.1. The first-order valence-electron chi connectivity index (χ1n) is 9.58. The van der Waals surface area contributed by atoms with E-state index in [1.165, 1.54) is 6.33 Å². The van der Waals surface area contributed by atoms with Gasteiger partial charge in [-0.25, -0.2) is 9.97 Å². The number of hydrogen-bond donors (Lipinski definition) is 0. The van der Waals surface area contributed by atoms with Gasteiger partial charge in [-0.2, -0.15) is 0 Å². The van der Waals surface area contributed by atoms with Gasteiger partial charge in [-0.15, -0.1) is 10.2 Å². The van der Waals surface area contributed by atoms with E-state index < -0.39 is 0 Å². The van der Waals surface area contributed by atoms with Crippen molar-refractivity contribution >= 4 is 28.3 Å². The number of para-hydroxylation sites is 1. The first-order chi connectivity index (χ1) is 15.1. The van der Waals surface area contributed by atoms with E-state index in [9.17, 15) is 4.79 Å². The molecule has 0 aliphatic rings. The summed E-state index contributed by atoms with van der Waals surface area (Å²) in [5.74, 6) is -0.226. The summed E-state index contributed by atoms with van der Waals surface area (Å²) < 4.78 is 7.75. The fourth-order valence-corrected chi connectivity index (χ4v) is 3.76. The van der Waals surface area contributed by atoms with Crippen LogP contribution in [0.25, 0.3) is 22.5 Å². The van der Waals surface area contributed by atoms with Gasteiger partial charge >= 0.3 is 0 Å². The van der Waals surface area contributed by atoms with E-state index in [1.54, 1.807) is 12.3 Å². The lowest BCUT2D eigenvalue weighted by Gasteiger charge is -2.09. The molecule has 0 spiro atoms. The average molecular weight is 430 g/mol. The maximum atomic E-state index is 13.4. The highest BCUT2D eigenvalue weighted by Crippen LogP contribution is 2.29. The van der Waals surface area contributed by atoms with E-state index in [0.717, 1.165) is 22.2 Å². The van der Waals surface area contributed by atoms with Gasteiger partial charge in [0.25, 0.3) is 17.6 Å². The van der Waals surface area contributed by atoms with Crippen molar-refractivity contribution in [2.24, 2.45) is 0 Å². The summed E-state index contributed by atoms with van der Waals surface area (Å²) in [5, 5.41) is 9.47. The van der Waals surface area contributed by atoms with Crippen LogP contribution < -0.4 is 0 Å². The third-order valence-electron chi connectivity index (χ3n) is 5.13. The van der Waals surface area contributed by atoms with Crippen LogP contribution in [0.15, 0.2) is 71.5 Å². The molecule has 0 saturated carbocycles. The van der Waals surface area contributed by atoms with Crippen LogP contribution in [-0.4, -0.2) is 30.5 Å². The Bertz CT molecular complexity index is 1390. The molecule has 0 saturated heterocycles. The Morgan fingerprint density at radius 1 is 1.06 bits per heavy atom. The van der Waals surface area contributed by atoms with Crippen LogP contribution >= 0.6 is 11.6 Å². The lowest BCUT2D eigenvalue weighted by atomic mass is 10.1. The Morgan fingerprint density at radius 3 is 2.65 bits per heavy atom. The molecule has 152 valence electrons. The number of benzene rings is 2. The van der Waals surface area contributed by atoms with Gasteiger partial charge in [0, 0.05) is 34.4 Å². The number of carbonyl (C=O) groups excluding carboxylic acids is 1. The second-order valence-electron chi connectivity index (χ2n) is 7.03. The fraction of sp³-hybridized carbons (Fsp3) is 0.0870. The van der Waals surface area contributed by atoms with Crippen LogP contribution in [0.4, 0.5) is 0 Å². The number of rotatable bonds is 5. The summed E-state index contributed by atoms with van der Waals surface area (Å²) in [6.45, 7) is 2.53. The number of aromatic nitrogens is 5. The molecule has 0 radical (unpaired) electrons. The quantitative estimate of drug-likeness (QED) is 0.375. The first kappa shape index (κ1) is 19.1. The number of ketones is 1. The minimum Gasteiger partial charge on any atom is -0.412 e. The summed E-state index contributed by atoms with van der Waals surface area (Å²) in [6.07, 6.45) is 2.96. The standard InChI is InChI=1S/C23H16ClN5O2/c1-14-20(21(30)23-28-27-22(31-23)18-10-11-25-13-26-18)17-4-2-3-5-19(17)29(14)12-15-6-8-16(24)9-7-15/h2-11,13H,12H2,1H3. The topological polar surface area (TPSA) is 86.7 Å². The van der Waals surface area contributed by atoms with Crippen LogP contribution in [0.5, 0.6) is 0 Å². The van der Waals surface area contributed by atoms with Crippen molar-refractivity contribution in [2.45, 2.75) is 13.5 Å². The minimum absolute atomic E-state index is 0.0777.